The van der Waals surface area contributed by atoms with Crippen LogP contribution >= 0.6 is 7.75 Å². The molecule has 15 heteroatoms. The lowest BCUT2D eigenvalue weighted by molar-refractivity contribution is -0.138. The highest BCUT2D eigenvalue weighted by molar-refractivity contribution is 7.52. The first-order valence-electron chi connectivity index (χ1n) is 11.4. The first-order valence-corrected chi connectivity index (χ1v) is 13.0. The van der Waals surface area contributed by atoms with Crippen molar-refractivity contribution in [2.45, 2.75) is 43.9 Å². The number of aliphatic hydroxyl groups excluding tert-OH is 2. The van der Waals surface area contributed by atoms with Gasteiger partial charge in [-0.3, -0.25) is 23.7 Å². The van der Waals surface area contributed by atoms with Crippen LogP contribution in [0.25, 0.3) is 10.8 Å². The summed E-state index contributed by atoms with van der Waals surface area (Å²) in [6.07, 6.45) is -5.28. The highest BCUT2D eigenvalue weighted by Gasteiger charge is 2.45. The summed E-state index contributed by atoms with van der Waals surface area (Å²) < 4.78 is 45.2. The van der Waals surface area contributed by atoms with Gasteiger partial charge in [0.1, 0.15) is 30.2 Å². The number of halogens is 1. The number of benzene rings is 2. The van der Waals surface area contributed by atoms with Crippen molar-refractivity contribution in [1.82, 2.24) is 14.6 Å². The van der Waals surface area contributed by atoms with E-state index in [-0.39, 0.29) is 12.2 Å². The third-order valence-electron chi connectivity index (χ3n) is 5.88. The molecular formula is C23H25FN3O10P. The van der Waals surface area contributed by atoms with Crippen molar-refractivity contribution in [3.05, 3.63) is 75.3 Å². The van der Waals surface area contributed by atoms with Gasteiger partial charge in [-0.05, 0) is 18.4 Å². The summed E-state index contributed by atoms with van der Waals surface area (Å²) >= 11 is 0. The van der Waals surface area contributed by atoms with E-state index in [1.165, 1.54) is 13.0 Å². The fraction of sp³-hybridized carbons (Fsp3) is 0.348. The summed E-state index contributed by atoms with van der Waals surface area (Å²) in [5.41, 5.74) is -2.24. The van der Waals surface area contributed by atoms with Crippen LogP contribution in [0, 0.1) is 5.82 Å². The van der Waals surface area contributed by atoms with E-state index >= 15 is 0 Å². The van der Waals surface area contributed by atoms with Crippen LogP contribution in [-0.4, -0.2) is 61.8 Å². The molecule has 13 nitrogen and oxygen atoms in total. The maximum Gasteiger partial charge on any atom is 0.459 e. The van der Waals surface area contributed by atoms with Crippen LogP contribution in [-0.2, 0) is 18.6 Å². The Morgan fingerprint density at radius 2 is 2.00 bits per heavy atom. The predicted octanol–water partition coefficient (Wildman–Crippen LogP) is 1.10. The molecule has 1 fully saturated rings. The molecule has 0 aliphatic carbocycles. The van der Waals surface area contributed by atoms with E-state index in [2.05, 4.69) is 5.09 Å². The minimum absolute atomic E-state index is 0.0919. The van der Waals surface area contributed by atoms with Crippen molar-refractivity contribution in [2.24, 2.45) is 0 Å². The number of hydrogen-bond donors (Lipinski definition) is 5. The van der Waals surface area contributed by atoms with Gasteiger partial charge in [-0.25, -0.2) is 9.36 Å². The third kappa shape index (κ3) is 5.85. The van der Waals surface area contributed by atoms with E-state index in [1.807, 2.05) is 0 Å². The molecule has 2 unspecified atom stereocenters. The Morgan fingerprint density at radius 1 is 1.29 bits per heavy atom. The quantitative estimate of drug-likeness (QED) is 0.226. The van der Waals surface area contributed by atoms with E-state index in [9.17, 15) is 38.7 Å². The lowest BCUT2D eigenvalue weighted by Gasteiger charge is -2.29. The Kier molecular flexibility index (Phi) is 8.11. The number of aromatic nitrogens is 2. The first-order chi connectivity index (χ1) is 18.0. The zero-order valence-corrected chi connectivity index (χ0v) is 20.8. The number of nitrogens with zero attached hydrogens (tertiary/aromatic N) is 1. The Bertz CT molecular complexity index is 1490. The Balaban J connectivity index is 1.63. The molecule has 1 aliphatic heterocycles. The highest BCUT2D eigenvalue weighted by atomic mass is 31.2. The molecule has 4 rings (SSSR count). The number of carbonyl (C=O) groups is 1. The average Bonchev–Trinajstić information content (AvgIpc) is 3.26. The van der Waals surface area contributed by atoms with Crippen molar-refractivity contribution >= 4 is 24.5 Å². The molecule has 2 aromatic carbocycles. The van der Waals surface area contributed by atoms with Gasteiger partial charge in [0, 0.05) is 11.8 Å². The minimum atomic E-state index is -4.58. The fourth-order valence-corrected chi connectivity index (χ4v) is 5.71. The summed E-state index contributed by atoms with van der Waals surface area (Å²) in [6.45, 7) is 0.336. The maximum atomic E-state index is 13.8. The lowest BCUT2D eigenvalue weighted by atomic mass is 10.1. The lowest BCUT2D eigenvalue weighted by Crippen LogP contribution is -2.42. The monoisotopic (exact) mass is 553 g/mol. The summed E-state index contributed by atoms with van der Waals surface area (Å²) in [4.78, 5) is 36.7. The van der Waals surface area contributed by atoms with Crippen molar-refractivity contribution in [1.29, 1.82) is 0 Å². The van der Waals surface area contributed by atoms with Gasteiger partial charge >= 0.3 is 19.4 Å². The number of fused-ring (bicyclic) bond motifs is 1. The van der Waals surface area contributed by atoms with Crippen molar-refractivity contribution in [3.63, 3.8) is 0 Å². The van der Waals surface area contributed by atoms with E-state index in [1.54, 1.807) is 41.4 Å². The number of rotatable bonds is 10. The normalized spacial score (nSPS) is 22.6. The van der Waals surface area contributed by atoms with Crippen LogP contribution in [0.2, 0.25) is 0 Å². The average molecular weight is 553 g/mol. The van der Waals surface area contributed by atoms with Crippen LogP contribution in [0.1, 0.15) is 19.6 Å². The van der Waals surface area contributed by atoms with Crippen molar-refractivity contribution in [2.75, 3.05) is 6.61 Å². The van der Waals surface area contributed by atoms with Gasteiger partial charge < -0.3 is 24.6 Å². The summed E-state index contributed by atoms with van der Waals surface area (Å²) in [5.74, 6) is -2.54. The maximum absolute atomic E-state index is 13.8. The number of aliphatic hydroxyl groups is 2. The SMILES string of the molecule is CC(N[P@@](=O)(Oc1cccc2ccccc12)OC(CO)[C@H]1O[C@@H](n2cc(F)c(=O)[nH]c2=O)C[C@@H]1O)C(=O)O. The molecule has 38 heavy (non-hydrogen) atoms. The van der Waals surface area contributed by atoms with Crippen LogP contribution in [0.15, 0.2) is 58.3 Å². The second-order valence-electron chi connectivity index (χ2n) is 8.58. The zero-order valence-electron chi connectivity index (χ0n) is 19.9. The molecule has 1 saturated heterocycles. The summed E-state index contributed by atoms with van der Waals surface area (Å²) in [7, 11) is -4.58. The third-order valence-corrected chi connectivity index (χ3v) is 7.57. The minimum Gasteiger partial charge on any atom is -0.480 e. The number of aliphatic carboxylic acids is 1. The molecule has 0 spiro atoms. The van der Waals surface area contributed by atoms with E-state index < -0.39 is 68.0 Å². The molecule has 5 N–H and O–H groups in total. The first kappa shape index (κ1) is 27.6. The number of H-pyrrole nitrogens is 1. The molecule has 3 aromatic rings. The molecule has 0 amide bonds. The van der Waals surface area contributed by atoms with Crippen LogP contribution in [0.4, 0.5) is 4.39 Å². The molecule has 2 heterocycles. The Labute approximate surface area is 214 Å². The second-order valence-corrected chi connectivity index (χ2v) is 10.2. The van der Waals surface area contributed by atoms with E-state index in [0.29, 0.717) is 16.2 Å². The number of carboxylic acids is 1. The molecule has 204 valence electrons. The molecule has 1 aliphatic rings. The van der Waals surface area contributed by atoms with Crippen molar-refractivity contribution < 1.29 is 42.9 Å². The number of hydrogen-bond acceptors (Lipinski definition) is 9. The van der Waals surface area contributed by atoms with Gasteiger partial charge in [0.25, 0.3) is 5.56 Å². The number of ether oxygens (including phenoxy) is 1. The zero-order chi connectivity index (χ0) is 27.6. The number of carboxylic acid groups (broad SMARTS) is 1. The van der Waals surface area contributed by atoms with Gasteiger partial charge in [0.15, 0.2) is 0 Å². The fourth-order valence-electron chi connectivity index (χ4n) is 4.01. The van der Waals surface area contributed by atoms with Crippen molar-refractivity contribution in [3.8, 4) is 5.75 Å². The smallest absolute Gasteiger partial charge is 0.459 e. The van der Waals surface area contributed by atoms with E-state index in [4.69, 9.17) is 13.8 Å². The van der Waals surface area contributed by atoms with Gasteiger partial charge in [0.2, 0.25) is 5.82 Å². The van der Waals surface area contributed by atoms with Crippen LogP contribution < -0.4 is 20.9 Å². The standard InChI is InChI=1S/C23H25FN3O10P/c1-12(22(31)32)26-38(34,36-17-8-4-6-13-5-2-3-7-14(13)17)37-18(11-28)20-16(29)9-19(35-20)27-10-15(24)21(30)25-23(27)33/h2-8,10,12,16,18-20,28-29H,9,11H2,1H3,(H,26,34)(H,31,32)(H,25,30,33)/t12?,16-,18?,19+,20-,38+/m0/s1. The molecule has 0 radical (unpaired) electrons. The van der Waals surface area contributed by atoms with E-state index in [0.717, 1.165) is 5.39 Å². The van der Waals surface area contributed by atoms with Gasteiger partial charge in [-0.2, -0.15) is 9.48 Å². The highest BCUT2D eigenvalue weighted by Crippen LogP contribution is 2.49. The number of aromatic amines is 1. The molecule has 1 aromatic heterocycles. The van der Waals surface area contributed by atoms with Crippen LogP contribution in [0.5, 0.6) is 5.75 Å². The van der Waals surface area contributed by atoms with Gasteiger partial charge in [-0.15, -0.1) is 0 Å². The predicted molar refractivity (Wildman–Crippen MR) is 130 cm³/mol. The second kappa shape index (κ2) is 11.2. The van der Waals surface area contributed by atoms with Gasteiger partial charge in [-0.1, -0.05) is 36.4 Å². The largest absolute Gasteiger partial charge is 0.480 e. The topological polar surface area (TPSA) is 189 Å². The number of nitrogens with one attached hydrogen (secondary N) is 2. The Morgan fingerprint density at radius 3 is 2.71 bits per heavy atom. The molecule has 0 bridgehead atoms. The Hall–Kier alpha value is -3.39. The summed E-state index contributed by atoms with van der Waals surface area (Å²) in [5, 5.41) is 33.6. The van der Waals surface area contributed by atoms with Gasteiger partial charge in [0.05, 0.1) is 18.9 Å². The molecule has 0 saturated carbocycles. The summed E-state index contributed by atoms with van der Waals surface area (Å²) in [6, 6.07) is 10.5. The molecular weight excluding hydrogens is 528 g/mol. The van der Waals surface area contributed by atoms with Crippen LogP contribution in [0.3, 0.4) is 0 Å². The molecule has 6 atom stereocenters.